The number of hydrogen-bond acceptors (Lipinski definition) is 6. The van der Waals surface area contributed by atoms with Crippen LogP contribution in [0.2, 0.25) is 0 Å². The summed E-state index contributed by atoms with van der Waals surface area (Å²) in [5, 5.41) is 8.11. The molecule has 0 aliphatic carbocycles. The largest absolute Gasteiger partial charge is 0.274 e. The zero-order valence-corrected chi connectivity index (χ0v) is 13.2. The molecule has 3 aromatic rings. The average Bonchev–Trinajstić information content (AvgIpc) is 3.22. The fourth-order valence-corrected chi connectivity index (χ4v) is 2.79. The van der Waals surface area contributed by atoms with Crippen LogP contribution in [0.1, 0.15) is 27.1 Å². The van der Waals surface area contributed by atoms with Crippen LogP contribution in [0.25, 0.3) is 11.4 Å². The molecule has 2 amide bonds. The molecule has 0 N–H and O–H groups in total. The average molecular weight is 334 g/mol. The van der Waals surface area contributed by atoms with Crippen LogP contribution in [0.3, 0.4) is 0 Å². The van der Waals surface area contributed by atoms with E-state index in [1.54, 1.807) is 53.7 Å². The lowest BCUT2D eigenvalue weighted by Gasteiger charge is -2.13. The van der Waals surface area contributed by atoms with Gasteiger partial charge in [0.05, 0.1) is 23.5 Å². The van der Waals surface area contributed by atoms with Gasteiger partial charge in [-0.05, 0) is 18.6 Å². The third-order valence-electron chi connectivity index (χ3n) is 4.01. The second-order valence-corrected chi connectivity index (χ2v) is 5.62. The normalized spacial score (nSPS) is 13.4. The van der Waals surface area contributed by atoms with Crippen LogP contribution in [-0.2, 0) is 6.54 Å². The molecule has 4 rings (SSSR count). The first-order valence-electron chi connectivity index (χ1n) is 7.86. The van der Waals surface area contributed by atoms with Crippen LogP contribution in [-0.4, -0.2) is 48.2 Å². The van der Waals surface area contributed by atoms with E-state index in [9.17, 15) is 9.59 Å². The standard InChI is InChI=1S/C17H14N6O2/c24-16-12-4-1-2-5-13(12)17(25)23(16)9-3-8-22-11-15(20-21-22)14-10-18-6-7-19-14/h1-2,4-7,10-11H,3,8-9H2. The van der Waals surface area contributed by atoms with Crippen LogP contribution in [0.4, 0.5) is 0 Å². The van der Waals surface area contributed by atoms with E-state index >= 15 is 0 Å². The maximum atomic E-state index is 12.3. The van der Waals surface area contributed by atoms with Crippen LogP contribution in [0.15, 0.2) is 49.1 Å². The van der Waals surface area contributed by atoms with E-state index in [0.717, 1.165) is 0 Å². The number of amides is 2. The number of imide groups is 1. The number of benzene rings is 1. The van der Waals surface area contributed by atoms with Crippen LogP contribution in [0, 0.1) is 0 Å². The Bertz CT molecular complexity index is 902. The van der Waals surface area contributed by atoms with Crippen molar-refractivity contribution in [2.75, 3.05) is 6.54 Å². The summed E-state index contributed by atoms with van der Waals surface area (Å²) in [7, 11) is 0. The summed E-state index contributed by atoms with van der Waals surface area (Å²) in [6.07, 6.45) is 7.17. The van der Waals surface area contributed by atoms with Gasteiger partial charge >= 0.3 is 0 Å². The number of hydrogen-bond donors (Lipinski definition) is 0. The smallest absolute Gasteiger partial charge is 0.261 e. The van der Waals surface area contributed by atoms with Crippen LogP contribution < -0.4 is 0 Å². The molecule has 0 saturated heterocycles. The van der Waals surface area contributed by atoms with E-state index in [0.29, 0.717) is 42.0 Å². The number of rotatable bonds is 5. The molecule has 0 fully saturated rings. The van der Waals surface area contributed by atoms with Gasteiger partial charge in [-0.1, -0.05) is 17.3 Å². The molecule has 0 saturated carbocycles. The van der Waals surface area contributed by atoms with E-state index in [1.165, 1.54) is 4.90 Å². The van der Waals surface area contributed by atoms with E-state index in [-0.39, 0.29) is 11.8 Å². The Kier molecular flexibility index (Phi) is 3.77. The number of carbonyl (C=O) groups excluding carboxylic acids is 2. The molecule has 0 radical (unpaired) electrons. The van der Waals surface area contributed by atoms with E-state index < -0.39 is 0 Å². The molecule has 1 aliphatic rings. The molecule has 0 bridgehead atoms. The molecular weight excluding hydrogens is 320 g/mol. The van der Waals surface area contributed by atoms with Crippen molar-refractivity contribution < 1.29 is 9.59 Å². The van der Waals surface area contributed by atoms with E-state index in [1.807, 2.05) is 0 Å². The lowest BCUT2D eigenvalue weighted by Crippen LogP contribution is -2.31. The molecule has 2 aromatic heterocycles. The summed E-state index contributed by atoms with van der Waals surface area (Å²) >= 11 is 0. The van der Waals surface area contributed by atoms with E-state index in [2.05, 4.69) is 20.3 Å². The maximum absolute atomic E-state index is 12.3. The highest BCUT2D eigenvalue weighted by Gasteiger charge is 2.34. The summed E-state index contributed by atoms with van der Waals surface area (Å²) in [5.74, 6) is -0.473. The minimum atomic E-state index is -0.237. The SMILES string of the molecule is O=C1c2ccccc2C(=O)N1CCCn1cc(-c2cnccn2)nn1. The predicted molar refractivity (Wildman–Crippen MR) is 87.5 cm³/mol. The highest BCUT2D eigenvalue weighted by molar-refractivity contribution is 6.21. The molecule has 3 heterocycles. The zero-order chi connectivity index (χ0) is 17.2. The number of carbonyl (C=O) groups is 2. The molecule has 8 nitrogen and oxygen atoms in total. The molecule has 1 aliphatic heterocycles. The van der Waals surface area contributed by atoms with Gasteiger partial charge in [0.2, 0.25) is 0 Å². The Morgan fingerprint density at radius 2 is 1.68 bits per heavy atom. The molecular formula is C17H14N6O2. The van der Waals surface area contributed by atoms with Crippen molar-refractivity contribution >= 4 is 11.8 Å². The van der Waals surface area contributed by atoms with Gasteiger partial charge in [-0.25, -0.2) is 0 Å². The van der Waals surface area contributed by atoms with Crippen molar-refractivity contribution in [3.63, 3.8) is 0 Å². The van der Waals surface area contributed by atoms with Crippen LogP contribution >= 0.6 is 0 Å². The van der Waals surface area contributed by atoms with Gasteiger partial charge in [-0.2, -0.15) is 0 Å². The lowest BCUT2D eigenvalue weighted by molar-refractivity contribution is 0.0650. The Labute approximate surface area is 143 Å². The first kappa shape index (κ1) is 15.1. The Morgan fingerprint density at radius 1 is 0.920 bits per heavy atom. The van der Waals surface area contributed by atoms with Gasteiger partial charge in [-0.15, -0.1) is 5.10 Å². The first-order valence-corrected chi connectivity index (χ1v) is 7.86. The molecule has 0 unspecified atom stereocenters. The van der Waals surface area contributed by atoms with Crippen molar-refractivity contribution in [1.29, 1.82) is 0 Å². The number of fused-ring (bicyclic) bond motifs is 1. The van der Waals surface area contributed by atoms with Crippen molar-refractivity contribution in [1.82, 2.24) is 29.9 Å². The lowest BCUT2D eigenvalue weighted by atomic mass is 10.1. The third kappa shape index (κ3) is 2.78. The summed E-state index contributed by atoms with van der Waals surface area (Å²) in [4.78, 5) is 34.0. The van der Waals surface area contributed by atoms with Gasteiger partial charge < -0.3 is 0 Å². The highest BCUT2D eigenvalue weighted by atomic mass is 16.2. The minimum Gasteiger partial charge on any atom is -0.274 e. The van der Waals surface area contributed by atoms with Gasteiger partial charge in [0.25, 0.3) is 11.8 Å². The fraction of sp³-hybridized carbons (Fsp3) is 0.176. The molecule has 8 heteroatoms. The molecule has 1 aromatic carbocycles. The van der Waals surface area contributed by atoms with Gasteiger partial charge in [-0.3, -0.25) is 29.1 Å². The maximum Gasteiger partial charge on any atom is 0.261 e. The third-order valence-corrected chi connectivity index (χ3v) is 4.01. The Hall–Kier alpha value is -3.42. The molecule has 25 heavy (non-hydrogen) atoms. The Balaban J connectivity index is 1.39. The molecule has 0 spiro atoms. The van der Waals surface area contributed by atoms with Crippen molar-refractivity contribution in [2.24, 2.45) is 0 Å². The highest BCUT2D eigenvalue weighted by Crippen LogP contribution is 2.22. The number of aryl methyl sites for hydroxylation is 1. The van der Waals surface area contributed by atoms with Crippen molar-refractivity contribution in [3.8, 4) is 11.4 Å². The zero-order valence-electron chi connectivity index (χ0n) is 13.2. The molecule has 124 valence electrons. The molecule has 0 atom stereocenters. The number of aromatic nitrogens is 5. The summed E-state index contributed by atoms with van der Waals surface area (Å²) in [6.45, 7) is 0.882. The topological polar surface area (TPSA) is 93.9 Å². The van der Waals surface area contributed by atoms with Crippen molar-refractivity contribution in [3.05, 3.63) is 60.2 Å². The fourth-order valence-electron chi connectivity index (χ4n) is 2.79. The van der Waals surface area contributed by atoms with Crippen molar-refractivity contribution in [2.45, 2.75) is 13.0 Å². The van der Waals surface area contributed by atoms with Gasteiger partial charge in [0.1, 0.15) is 11.4 Å². The predicted octanol–water partition coefficient (Wildman–Crippen LogP) is 1.42. The minimum absolute atomic E-state index is 0.237. The monoisotopic (exact) mass is 334 g/mol. The second kappa shape index (κ2) is 6.23. The Morgan fingerprint density at radius 3 is 2.36 bits per heavy atom. The van der Waals surface area contributed by atoms with Crippen LogP contribution in [0.5, 0.6) is 0 Å². The number of nitrogens with zero attached hydrogens (tertiary/aromatic N) is 6. The summed E-state index contributed by atoms with van der Waals surface area (Å²) < 4.78 is 1.67. The second-order valence-electron chi connectivity index (χ2n) is 5.62. The summed E-state index contributed by atoms with van der Waals surface area (Å²) in [6, 6.07) is 6.88. The quantitative estimate of drug-likeness (QED) is 0.655. The summed E-state index contributed by atoms with van der Waals surface area (Å²) in [5.41, 5.74) is 2.22. The van der Waals surface area contributed by atoms with Gasteiger partial charge in [0.15, 0.2) is 0 Å². The van der Waals surface area contributed by atoms with Gasteiger partial charge in [0, 0.05) is 25.5 Å². The first-order chi connectivity index (χ1) is 12.2. The van der Waals surface area contributed by atoms with E-state index in [4.69, 9.17) is 0 Å².